The van der Waals surface area contributed by atoms with Crippen molar-refractivity contribution in [3.63, 3.8) is 0 Å². The lowest BCUT2D eigenvalue weighted by molar-refractivity contribution is -0.132. The standard InChI is InChI=1S/C24H34N2O5S/c1-16(2)6-7-19-8-11-23-21(12-19)31-22(14-25(5)24(28)20-9-10-20)17(3)13-26(18(4)15-27)32(23,29)30/h8,11-12,16-18,20,22,27H,9-10,13-15H2,1-5H3/t17-,18+,22+/m1/s1. The molecule has 1 N–H and O–H groups in total. The summed E-state index contributed by atoms with van der Waals surface area (Å²) < 4.78 is 34.6. The molecule has 3 rings (SSSR count). The number of hydrogen-bond acceptors (Lipinski definition) is 5. The molecule has 1 fully saturated rings. The molecule has 1 amide bonds. The third kappa shape index (κ3) is 5.45. The number of benzene rings is 1. The minimum absolute atomic E-state index is 0.0565. The highest BCUT2D eigenvalue weighted by molar-refractivity contribution is 7.89. The van der Waals surface area contributed by atoms with Crippen LogP contribution in [0, 0.1) is 29.6 Å². The normalized spacial score (nSPS) is 23.7. The van der Waals surface area contributed by atoms with E-state index in [-0.39, 0.29) is 47.5 Å². The molecule has 176 valence electrons. The number of amides is 1. The molecule has 0 unspecified atom stereocenters. The van der Waals surface area contributed by atoms with E-state index in [4.69, 9.17) is 4.74 Å². The molecule has 1 saturated carbocycles. The summed E-state index contributed by atoms with van der Waals surface area (Å²) in [5.74, 6) is 6.57. The Morgan fingerprint density at radius 2 is 2.00 bits per heavy atom. The molecular weight excluding hydrogens is 428 g/mol. The van der Waals surface area contributed by atoms with Gasteiger partial charge >= 0.3 is 0 Å². The van der Waals surface area contributed by atoms with Crippen molar-refractivity contribution in [2.45, 2.75) is 57.6 Å². The van der Waals surface area contributed by atoms with E-state index in [2.05, 4.69) is 11.8 Å². The average molecular weight is 463 g/mol. The topological polar surface area (TPSA) is 87.2 Å². The molecular formula is C24H34N2O5S. The maximum absolute atomic E-state index is 13.5. The summed E-state index contributed by atoms with van der Waals surface area (Å²) in [4.78, 5) is 14.3. The molecule has 0 saturated heterocycles. The van der Waals surface area contributed by atoms with Crippen molar-refractivity contribution in [1.82, 2.24) is 9.21 Å². The number of nitrogens with zero attached hydrogens (tertiary/aromatic N) is 2. The second-order valence-electron chi connectivity index (χ2n) is 9.32. The number of aliphatic hydroxyl groups is 1. The number of hydrogen-bond donors (Lipinski definition) is 1. The van der Waals surface area contributed by atoms with Crippen LogP contribution in [-0.4, -0.2) is 67.5 Å². The van der Waals surface area contributed by atoms with E-state index >= 15 is 0 Å². The van der Waals surface area contributed by atoms with Crippen molar-refractivity contribution < 1.29 is 23.1 Å². The predicted octanol–water partition coefficient (Wildman–Crippen LogP) is 2.33. The number of carbonyl (C=O) groups excluding carboxylic acids is 1. The van der Waals surface area contributed by atoms with Crippen molar-refractivity contribution in [2.24, 2.45) is 17.8 Å². The van der Waals surface area contributed by atoms with Gasteiger partial charge in [-0.1, -0.05) is 32.6 Å². The van der Waals surface area contributed by atoms with Gasteiger partial charge in [0.05, 0.1) is 13.2 Å². The Morgan fingerprint density at radius 3 is 2.59 bits per heavy atom. The summed E-state index contributed by atoms with van der Waals surface area (Å²) >= 11 is 0. The van der Waals surface area contributed by atoms with Crippen LogP contribution in [0.2, 0.25) is 0 Å². The number of rotatable bonds is 5. The molecule has 32 heavy (non-hydrogen) atoms. The van der Waals surface area contributed by atoms with Gasteiger partial charge in [-0.05, 0) is 38.0 Å². The van der Waals surface area contributed by atoms with Crippen molar-refractivity contribution in [1.29, 1.82) is 0 Å². The molecule has 0 bridgehead atoms. The van der Waals surface area contributed by atoms with Crippen molar-refractivity contribution >= 4 is 15.9 Å². The lowest BCUT2D eigenvalue weighted by atomic mass is 10.0. The summed E-state index contributed by atoms with van der Waals surface area (Å²) in [6.07, 6.45) is 1.44. The summed E-state index contributed by atoms with van der Waals surface area (Å²) in [7, 11) is -2.12. The van der Waals surface area contributed by atoms with Crippen LogP contribution in [-0.2, 0) is 14.8 Å². The molecule has 3 atom stereocenters. The molecule has 2 aliphatic rings. The fourth-order valence-corrected chi connectivity index (χ4v) is 5.58. The molecule has 0 spiro atoms. The second kappa shape index (κ2) is 9.82. The zero-order chi connectivity index (χ0) is 23.6. The van der Waals surface area contributed by atoms with E-state index in [9.17, 15) is 18.3 Å². The smallest absolute Gasteiger partial charge is 0.247 e. The first-order valence-corrected chi connectivity index (χ1v) is 12.7. The van der Waals surface area contributed by atoms with E-state index in [1.807, 2.05) is 20.8 Å². The second-order valence-corrected chi connectivity index (χ2v) is 11.2. The fraction of sp³-hybridized carbons (Fsp3) is 0.625. The molecule has 1 aromatic carbocycles. The predicted molar refractivity (Wildman–Crippen MR) is 123 cm³/mol. The van der Waals surface area contributed by atoms with Crippen LogP contribution in [0.1, 0.15) is 46.1 Å². The van der Waals surface area contributed by atoms with Gasteiger partial charge in [0.25, 0.3) is 0 Å². The summed E-state index contributed by atoms with van der Waals surface area (Å²) in [6.45, 7) is 7.84. The first-order chi connectivity index (χ1) is 15.0. The zero-order valence-electron chi connectivity index (χ0n) is 19.5. The largest absolute Gasteiger partial charge is 0.487 e. The van der Waals surface area contributed by atoms with E-state index in [1.54, 1.807) is 31.0 Å². The third-order valence-corrected chi connectivity index (χ3v) is 7.95. The van der Waals surface area contributed by atoms with Gasteiger partial charge in [0, 0.05) is 43.0 Å². The van der Waals surface area contributed by atoms with E-state index < -0.39 is 22.2 Å². The van der Waals surface area contributed by atoms with Gasteiger partial charge in [-0.25, -0.2) is 8.42 Å². The summed E-state index contributed by atoms with van der Waals surface area (Å²) in [5.41, 5.74) is 0.670. The molecule has 7 nitrogen and oxygen atoms in total. The van der Waals surface area contributed by atoms with E-state index in [0.29, 0.717) is 12.1 Å². The third-order valence-electron chi connectivity index (χ3n) is 5.93. The van der Waals surface area contributed by atoms with Crippen LogP contribution in [0.4, 0.5) is 0 Å². The van der Waals surface area contributed by atoms with Gasteiger partial charge in [0.2, 0.25) is 15.9 Å². The highest BCUT2D eigenvalue weighted by atomic mass is 32.2. The van der Waals surface area contributed by atoms with E-state index in [0.717, 1.165) is 12.8 Å². The molecule has 1 heterocycles. The van der Waals surface area contributed by atoms with Crippen LogP contribution in [0.25, 0.3) is 0 Å². The van der Waals surface area contributed by atoms with Gasteiger partial charge in [-0.2, -0.15) is 4.31 Å². The maximum Gasteiger partial charge on any atom is 0.247 e. The average Bonchev–Trinajstić information content (AvgIpc) is 3.58. The number of ether oxygens (including phenoxy) is 1. The van der Waals surface area contributed by atoms with Gasteiger partial charge in [0.15, 0.2) is 0 Å². The first-order valence-electron chi connectivity index (χ1n) is 11.2. The number of sulfonamides is 1. The highest BCUT2D eigenvalue weighted by Crippen LogP contribution is 2.35. The molecule has 1 aromatic rings. The Morgan fingerprint density at radius 1 is 1.31 bits per heavy atom. The van der Waals surface area contributed by atoms with Crippen molar-refractivity contribution in [3.05, 3.63) is 23.8 Å². The monoisotopic (exact) mass is 462 g/mol. The van der Waals surface area contributed by atoms with Crippen molar-refractivity contribution in [2.75, 3.05) is 26.7 Å². The minimum atomic E-state index is -3.89. The Bertz CT molecular complexity index is 1010. The highest BCUT2D eigenvalue weighted by Gasteiger charge is 2.39. The van der Waals surface area contributed by atoms with Crippen LogP contribution >= 0.6 is 0 Å². The fourth-order valence-electron chi connectivity index (χ4n) is 3.75. The van der Waals surface area contributed by atoms with Gasteiger partial charge in [-0.15, -0.1) is 0 Å². The van der Waals surface area contributed by atoms with Crippen LogP contribution in [0.5, 0.6) is 5.75 Å². The molecule has 0 aromatic heterocycles. The molecule has 1 aliphatic heterocycles. The first kappa shape index (κ1) is 24.6. The van der Waals surface area contributed by atoms with Crippen molar-refractivity contribution in [3.8, 4) is 17.6 Å². The zero-order valence-corrected chi connectivity index (χ0v) is 20.4. The quantitative estimate of drug-likeness (QED) is 0.679. The summed E-state index contributed by atoms with van der Waals surface area (Å²) in [6, 6.07) is 4.29. The lowest BCUT2D eigenvalue weighted by Crippen LogP contribution is -2.50. The number of likely N-dealkylation sites (N-methyl/N-ethyl adjacent to an activating group) is 1. The Kier molecular flexibility index (Phi) is 7.53. The maximum atomic E-state index is 13.5. The Labute approximate surface area is 191 Å². The number of fused-ring (bicyclic) bond motifs is 1. The van der Waals surface area contributed by atoms with Crippen LogP contribution in [0.15, 0.2) is 23.1 Å². The number of carbonyl (C=O) groups is 1. The van der Waals surface area contributed by atoms with Gasteiger partial charge < -0.3 is 14.7 Å². The molecule has 0 radical (unpaired) electrons. The Balaban J connectivity index is 2.03. The van der Waals surface area contributed by atoms with Crippen LogP contribution in [0.3, 0.4) is 0 Å². The molecule has 1 aliphatic carbocycles. The number of aliphatic hydroxyl groups excluding tert-OH is 1. The van der Waals surface area contributed by atoms with Gasteiger partial charge in [0.1, 0.15) is 16.7 Å². The van der Waals surface area contributed by atoms with Crippen LogP contribution < -0.4 is 4.74 Å². The van der Waals surface area contributed by atoms with Gasteiger partial charge in [-0.3, -0.25) is 4.79 Å². The summed E-state index contributed by atoms with van der Waals surface area (Å²) in [5, 5.41) is 9.73. The SMILES string of the molecule is CC(C)C#Cc1ccc2c(c1)O[C@@H](CN(C)C(=O)C1CC1)[C@H](C)CN([C@@H](C)CO)S2(=O)=O. The van der Waals surface area contributed by atoms with E-state index in [1.165, 1.54) is 10.4 Å². The minimum Gasteiger partial charge on any atom is -0.487 e. The lowest BCUT2D eigenvalue weighted by Gasteiger charge is -2.37. The Hall–Kier alpha value is -2.08. The molecule has 8 heteroatoms.